The molecule has 1 saturated carbocycles. The van der Waals surface area contributed by atoms with E-state index in [2.05, 4.69) is 19.1 Å². The third kappa shape index (κ3) is 5.65. The Bertz CT molecular complexity index is 680. The van der Waals surface area contributed by atoms with Gasteiger partial charge in [0.05, 0.1) is 18.8 Å². The monoisotopic (exact) mass is 385 g/mol. The second-order valence-corrected chi connectivity index (χ2v) is 8.18. The van der Waals surface area contributed by atoms with E-state index in [1.807, 2.05) is 12.1 Å². The van der Waals surface area contributed by atoms with E-state index >= 15 is 0 Å². The third-order valence-corrected chi connectivity index (χ3v) is 6.07. The topological polar surface area (TPSA) is 42.2 Å². The van der Waals surface area contributed by atoms with E-state index in [4.69, 9.17) is 14.7 Å². The van der Waals surface area contributed by atoms with Crippen LogP contribution in [0.4, 0.5) is 4.39 Å². The number of rotatable bonds is 7. The summed E-state index contributed by atoms with van der Waals surface area (Å²) in [5, 5.41) is 8.88. The van der Waals surface area contributed by atoms with Crippen molar-refractivity contribution in [1.82, 2.24) is 0 Å². The molecular weight excluding hydrogens is 353 g/mol. The fourth-order valence-electron chi connectivity index (χ4n) is 4.32. The molecule has 0 aromatic heterocycles. The summed E-state index contributed by atoms with van der Waals surface area (Å²) < 4.78 is 25.9. The second kappa shape index (κ2) is 10.7. The molecule has 0 amide bonds. The van der Waals surface area contributed by atoms with Gasteiger partial charge in [-0.05, 0) is 62.1 Å². The summed E-state index contributed by atoms with van der Waals surface area (Å²) in [7, 11) is 0. The number of nitrogens with zero attached hydrogens (tertiary/aromatic N) is 1. The van der Waals surface area contributed by atoms with Gasteiger partial charge in [0.2, 0.25) is 0 Å². The molecule has 1 aliphatic heterocycles. The van der Waals surface area contributed by atoms with Crippen LogP contribution in [0.2, 0.25) is 0 Å². The average Bonchev–Trinajstić information content (AvgIpc) is 2.74. The molecular formula is C24H32FNO2. The predicted octanol–water partition coefficient (Wildman–Crippen LogP) is 6.10. The Balaban J connectivity index is 1.41. The fraction of sp³-hybridized carbons (Fsp3) is 0.625. The highest BCUT2D eigenvalue weighted by atomic mass is 19.1. The SMILES string of the molecule is CCCCCC=C[C@H]1CO[C@H]([C@H]2CC[C@H](c3ccc(C#N)c(F)c3)CC2)OC1. The van der Waals surface area contributed by atoms with Crippen LogP contribution in [-0.2, 0) is 9.47 Å². The maximum atomic E-state index is 13.9. The van der Waals surface area contributed by atoms with Gasteiger partial charge in [0, 0.05) is 11.8 Å². The molecule has 1 heterocycles. The van der Waals surface area contributed by atoms with Gasteiger partial charge in [-0.25, -0.2) is 4.39 Å². The molecule has 0 radical (unpaired) electrons. The number of ether oxygens (including phenoxy) is 2. The van der Waals surface area contributed by atoms with Crippen LogP contribution < -0.4 is 0 Å². The molecule has 0 bridgehead atoms. The molecule has 3 nitrogen and oxygen atoms in total. The molecule has 1 aliphatic carbocycles. The number of hydrogen-bond donors (Lipinski definition) is 0. The van der Waals surface area contributed by atoms with Gasteiger partial charge in [-0.1, -0.05) is 38.0 Å². The molecule has 2 fully saturated rings. The zero-order valence-corrected chi connectivity index (χ0v) is 16.9. The van der Waals surface area contributed by atoms with E-state index in [9.17, 15) is 4.39 Å². The van der Waals surface area contributed by atoms with Gasteiger partial charge in [0.1, 0.15) is 11.9 Å². The minimum atomic E-state index is -0.408. The number of allylic oxidation sites excluding steroid dienone is 1. The van der Waals surface area contributed by atoms with Crippen molar-refractivity contribution in [3.05, 3.63) is 47.3 Å². The van der Waals surface area contributed by atoms with E-state index in [0.29, 0.717) is 17.8 Å². The normalized spacial score (nSPS) is 28.3. The van der Waals surface area contributed by atoms with Gasteiger partial charge >= 0.3 is 0 Å². The van der Waals surface area contributed by atoms with E-state index in [1.54, 1.807) is 6.07 Å². The summed E-state index contributed by atoms with van der Waals surface area (Å²) in [6.07, 6.45) is 13.5. The minimum absolute atomic E-state index is 0.0941. The number of nitriles is 1. The number of halogens is 1. The lowest BCUT2D eigenvalue weighted by Gasteiger charge is -2.37. The molecule has 28 heavy (non-hydrogen) atoms. The van der Waals surface area contributed by atoms with Crippen molar-refractivity contribution in [3.63, 3.8) is 0 Å². The Morgan fingerprint density at radius 3 is 2.54 bits per heavy atom. The van der Waals surface area contributed by atoms with Gasteiger partial charge in [0.25, 0.3) is 0 Å². The highest BCUT2D eigenvalue weighted by Gasteiger charge is 2.32. The summed E-state index contributed by atoms with van der Waals surface area (Å²) in [6.45, 7) is 3.72. The van der Waals surface area contributed by atoms with Gasteiger partial charge in [-0.15, -0.1) is 0 Å². The smallest absolute Gasteiger partial charge is 0.160 e. The number of benzene rings is 1. The zero-order chi connectivity index (χ0) is 19.8. The first kappa shape index (κ1) is 21.0. The molecule has 0 unspecified atom stereocenters. The van der Waals surface area contributed by atoms with Crippen LogP contribution in [0, 0.1) is 29.0 Å². The van der Waals surface area contributed by atoms with Crippen LogP contribution in [0.15, 0.2) is 30.4 Å². The maximum Gasteiger partial charge on any atom is 0.160 e. The molecule has 1 saturated heterocycles. The Hall–Kier alpha value is -1.70. The van der Waals surface area contributed by atoms with Crippen molar-refractivity contribution < 1.29 is 13.9 Å². The van der Waals surface area contributed by atoms with Crippen molar-refractivity contribution in [3.8, 4) is 6.07 Å². The van der Waals surface area contributed by atoms with Crippen molar-refractivity contribution >= 4 is 0 Å². The fourth-order valence-corrected chi connectivity index (χ4v) is 4.32. The molecule has 0 atom stereocenters. The van der Waals surface area contributed by atoms with Crippen LogP contribution in [-0.4, -0.2) is 19.5 Å². The lowest BCUT2D eigenvalue weighted by Crippen LogP contribution is -2.37. The van der Waals surface area contributed by atoms with Crippen molar-refractivity contribution in [1.29, 1.82) is 5.26 Å². The van der Waals surface area contributed by atoms with Crippen LogP contribution in [0.1, 0.15) is 75.3 Å². The van der Waals surface area contributed by atoms with Gasteiger partial charge in [-0.3, -0.25) is 0 Å². The average molecular weight is 386 g/mol. The van der Waals surface area contributed by atoms with Crippen LogP contribution >= 0.6 is 0 Å². The first-order chi connectivity index (χ1) is 13.7. The zero-order valence-electron chi connectivity index (χ0n) is 16.9. The Morgan fingerprint density at radius 1 is 1.14 bits per heavy atom. The quantitative estimate of drug-likeness (QED) is 0.421. The van der Waals surface area contributed by atoms with Gasteiger partial charge in [0.15, 0.2) is 6.29 Å². The largest absolute Gasteiger partial charge is 0.352 e. The first-order valence-electron chi connectivity index (χ1n) is 10.8. The Kier molecular flexibility index (Phi) is 8.06. The summed E-state index contributed by atoms with van der Waals surface area (Å²) in [6, 6.07) is 6.92. The van der Waals surface area contributed by atoms with Gasteiger partial charge in [-0.2, -0.15) is 5.26 Å². The summed E-state index contributed by atoms with van der Waals surface area (Å²) in [4.78, 5) is 0. The Morgan fingerprint density at radius 2 is 1.89 bits per heavy atom. The number of unbranched alkanes of at least 4 members (excludes halogenated alkanes) is 3. The highest BCUT2D eigenvalue weighted by molar-refractivity contribution is 5.34. The summed E-state index contributed by atoms with van der Waals surface area (Å²) >= 11 is 0. The molecule has 4 heteroatoms. The van der Waals surface area contributed by atoms with Crippen LogP contribution in [0.25, 0.3) is 0 Å². The molecule has 152 valence electrons. The molecule has 3 rings (SSSR count). The van der Waals surface area contributed by atoms with Crippen molar-refractivity contribution in [2.24, 2.45) is 11.8 Å². The number of hydrogen-bond acceptors (Lipinski definition) is 3. The second-order valence-electron chi connectivity index (χ2n) is 8.18. The van der Waals surface area contributed by atoms with E-state index in [1.165, 1.54) is 25.3 Å². The molecule has 1 aromatic rings. The minimum Gasteiger partial charge on any atom is -0.352 e. The molecule has 0 spiro atoms. The molecule has 2 aliphatic rings. The molecule has 0 N–H and O–H groups in total. The highest BCUT2D eigenvalue weighted by Crippen LogP contribution is 2.39. The lowest BCUT2D eigenvalue weighted by molar-refractivity contribution is -0.222. The lowest BCUT2D eigenvalue weighted by atomic mass is 9.78. The maximum absolute atomic E-state index is 13.9. The predicted molar refractivity (Wildman–Crippen MR) is 108 cm³/mol. The molecule has 1 aromatic carbocycles. The summed E-state index contributed by atoms with van der Waals surface area (Å²) in [5.74, 6) is 0.751. The van der Waals surface area contributed by atoms with E-state index in [-0.39, 0.29) is 11.9 Å². The van der Waals surface area contributed by atoms with E-state index < -0.39 is 5.82 Å². The standard InChI is InChI=1S/C24H32FNO2/c1-2-3-4-5-6-7-18-16-27-24(28-17-18)20-10-8-19(9-11-20)21-12-13-22(15-26)23(25)14-21/h6-7,12-14,18-20,24H,2-5,8-11,16-17H2,1H3/t18-,19-,20-,24-. The van der Waals surface area contributed by atoms with E-state index in [0.717, 1.165) is 50.9 Å². The van der Waals surface area contributed by atoms with Crippen molar-refractivity contribution in [2.45, 2.75) is 70.5 Å². The summed E-state index contributed by atoms with van der Waals surface area (Å²) in [5.41, 5.74) is 1.13. The Labute approximate surface area is 168 Å². The van der Waals surface area contributed by atoms with Crippen LogP contribution in [0.3, 0.4) is 0 Å². The van der Waals surface area contributed by atoms with Crippen molar-refractivity contribution in [2.75, 3.05) is 13.2 Å². The first-order valence-corrected chi connectivity index (χ1v) is 10.8. The third-order valence-electron chi connectivity index (χ3n) is 6.07. The van der Waals surface area contributed by atoms with Crippen LogP contribution in [0.5, 0.6) is 0 Å². The van der Waals surface area contributed by atoms with Gasteiger partial charge < -0.3 is 9.47 Å².